The molecule has 0 saturated heterocycles. The van der Waals surface area contributed by atoms with E-state index in [1.807, 2.05) is 0 Å². The molecule has 0 aliphatic rings. The van der Waals surface area contributed by atoms with Crippen LogP contribution in [0.2, 0.25) is 0 Å². The summed E-state index contributed by atoms with van der Waals surface area (Å²) >= 11 is 0. The molecule has 296 valence electrons. The minimum atomic E-state index is 1.09. The highest BCUT2D eigenvalue weighted by atomic mass is 15.1. The van der Waals surface area contributed by atoms with Gasteiger partial charge in [0, 0.05) is 17.1 Å². The standard InChI is InChI=1S/C62H43N/c1-3-13-44(14-4-1)45-25-27-46(28-26-45)47-29-31-51(32-30-47)61-42-41-56(43-62(61)50-15-5-2-6-16-50)63(54-37-33-52(34-38-54)59-23-11-19-48-17-7-9-21-57(48)59)55-39-35-53(36-40-55)60-24-12-20-49-18-8-10-22-58(49)60/h1-43H. The molecule has 11 rings (SSSR count). The van der Waals surface area contributed by atoms with Crippen LogP contribution in [0, 0.1) is 0 Å². The molecule has 1 nitrogen and oxygen atoms in total. The van der Waals surface area contributed by atoms with Crippen LogP contribution < -0.4 is 4.90 Å². The predicted octanol–water partition coefficient (Wildman–Crippen LogP) is 17.5. The van der Waals surface area contributed by atoms with Gasteiger partial charge in [0.1, 0.15) is 0 Å². The first kappa shape index (κ1) is 37.7. The van der Waals surface area contributed by atoms with E-state index in [0.29, 0.717) is 0 Å². The Morgan fingerprint density at radius 3 is 1.02 bits per heavy atom. The summed E-state index contributed by atoms with van der Waals surface area (Å²) < 4.78 is 0. The van der Waals surface area contributed by atoms with Gasteiger partial charge in [0.15, 0.2) is 0 Å². The molecule has 0 aromatic heterocycles. The van der Waals surface area contributed by atoms with Gasteiger partial charge >= 0.3 is 0 Å². The van der Waals surface area contributed by atoms with Crippen LogP contribution in [0.25, 0.3) is 88.3 Å². The Balaban J connectivity index is 0.995. The third-order valence-electron chi connectivity index (χ3n) is 12.3. The average molecular weight is 802 g/mol. The number of benzene rings is 11. The first-order valence-electron chi connectivity index (χ1n) is 21.7. The fourth-order valence-corrected chi connectivity index (χ4v) is 9.09. The van der Waals surface area contributed by atoms with E-state index < -0.39 is 0 Å². The second-order valence-electron chi connectivity index (χ2n) is 16.1. The van der Waals surface area contributed by atoms with Gasteiger partial charge in [0.05, 0.1) is 0 Å². The zero-order valence-electron chi connectivity index (χ0n) is 34.8. The van der Waals surface area contributed by atoms with Gasteiger partial charge in [-0.05, 0) is 125 Å². The van der Waals surface area contributed by atoms with E-state index in [1.165, 1.54) is 88.3 Å². The quantitative estimate of drug-likeness (QED) is 0.141. The number of fused-ring (bicyclic) bond motifs is 2. The molecular weight excluding hydrogens is 759 g/mol. The van der Waals surface area contributed by atoms with Crippen LogP contribution in [0.5, 0.6) is 0 Å². The monoisotopic (exact) mass is 801 g/mol. The molecule has 0 unspecified atom stereocenters. The molecule has 0 saturated carbocycles. The van der Waals surface area contributed by atoms with Crippen molar-refractivity contribution in [1.29, 1.82) is 0 Å². The second kappa shape index (κ2) is 16.7. The molecular formula is C62H43N. The lowest BCUT2D eigenvalue weighted by Gasteiger charge is -2.27. The summed E-state index contributed by atoms with van der Waals surface area (Å²) in [6.45, 7) is 0. The number of anilines is 3. The third-order valence-corrected chi connectivity index (χ3v) is 12.3. The van der Waals surface area contributed by atoms with E-state index in [1.54, 1.807) is 0 Å². The topological polar surface area (TPSA) is 3.24 Å². The molecule has 0 aliphatic heterocycles. The minimum Gasteiger partial charge on any atom is -0.310 e. The Labute approximate surface area is 369 Å². The van der Waals surface area contributed by atoms with Crippen molar-refractivity contribution >= 4 is 38.6 Å². The Hall–Kier alpha value is -8.26. The van der Waals surface area contributed by atoms with Gasteiger partial charge in [-0.25, -0.2) is 0 Å². The molecule has 0 N–H and O–H groups in total. The van der Waals surface area contributed by atoms with Crippen LogP contribution in [-0.4, -0.2) is 0 Å². The maximum Gasteiger partial charge on any atom is 0.0468 e. The Bertz CT molecular complexity index is 3200. The normalized spacial score (nSPS) is 11.2. The molecule has 0 fully saturated rings. The Kier molecular flexibility index (Phi) is 9.97. The number of hydrogen-bond acceptors (Lipinski definition) is 1. The fourth-order valence-electron chi connectivity index (χ4n) is 9.09. The van der Waals surface area contributed by atoms with E-state index in [4.69, 9.17) is 0 Å². The predicted molar refractivity (Wildman–Crippen MR) is 269 cm³/mol. The lowest BCUT2D eigenvalue weighted by atomic mass is 9.92. The second-order valence-corrected chi connectivity index (χ2v) is 16.1. The molecule has 0 radical (unpaired) electrons. The van der Waals surface area contributed by atoms with Crippen molar-refractivity contribution in [3.05, 3.63) is 261 Å². The van der Waals surface area contributed by atoms with Crippen LogP contribution >= 0.6 is 0 Å². The molecule has 0 atom stereocenters. The maximum atomic E-state index is 2.39. The SMILES string of the molecule is c1ccc(-c2ccc(-c3ccc(-c4ccc(N(c5ccc(-c6cccc7ccccc67)cc5)c5ccc(-c6cccc7ccccc67)cc5)cc4-c4ccccc4)cc3)cc2)cc1. The van der Waals surface area contributed by atoms with Gasteiger partial charge in [-0.15, -0.1) is 0 Å². The van der Waals surface area contributed by atoms with Crippen LogP contribution in [0.3, 0.4) is 0 Å². The van der Waals surface area contributed by atoms with E-state index in [0.717, 1.165) is 17.1 Å². The van der Waals surface area contributed by atoms with Crippen molar-refractivity contribution in [2.24, 2.45) is 0 Å². The summed E-state index contributed by atoms with van der Waals surface area (Å²) in [6.07, 6.45) is 0. The molecule has 0 heterocycles. The van der Waals surface area contributed by atoms with Crippen molar-refractivity contribution in [2.45, 2.75) is 0 Å². The average Bonchev–Trinajstić information content (AvgIpc) is 3.37. The molecule has 11 aromatic rings. The summed E-state index contributed by atoms with van der Waals surface area (Å²) in [5.74, 6) is 0. The number of nitrogens with zero attached hydrogens (tertiary/aromatic N) is 1. The van der Waals surface area contributed by atoms with E-state index in [-0.39, 0.29) is 0 Å². The highest BCUT2D eigenvalue weighted by Gasteiger charge is 2.18. The number of rotatable bonds is 9. The van der Waals surface area contributed by atoms with Gasteiger partial charge in [-0.1, -0.05) is 224 Å². The largest absolute Gasteiger partial charge is 0.310 e. The molecule has 63 heavy (non-hydrogen) atoms. The van der Waals surface area contributed by atoms with Gasteiger partial charge in [0.2, 0.25) is 0 Å². The molecule has 11 aromatic carbocycles. The zero-order chi connectivity index (χ0) is 42.0. The minimum absolute atomic E-state index is 1.09. The van der Waals surface area contributed by atoms with Crippen LogP contribution in [0.1, 0.15) is 0 Å². The Morgan fingerprint density at radius 1 is 0.190 bits per heavy atom. The van der Waals surface area contributed by atoms with Crippen molar-refractivity contribution in [3.63, 3.8) is 0 Å². The summed E-state index contributed by atoms with van der Waals surface area (Å²) in [4.78, 5) is 2.39. The Morgan fingerprint density at radius 2 is 0.524 bits per heavy atom. The molecule has 0 bridgehead atoms. The summed E-state index contributed by atoms with van der Waals surface area (Å²) in [6, 6.07) is 94.6. The van der Waals surface area contributed by atoms with Gasteiger partial charge < -0.3 is 4.90 Å². The van der Waals surface area contributed by atoms with Crippen molar-refractivity contribution in [1.82, 2.24) is 0 Å². The molecule has 0 amide bonds. The highest BCUT2D eigenvalue weighted by molar-refractivity contribution is 5.98. The first-order chi connectivity index (χ1) is 31.2. The van der Waals surface area contributed by atoms with Gasteiger partial charge in [-0.2, -0.15) is 0 Å². The lowest BCUT2D eigenvalue weighted by molar-refractivity contribution is 1.28. The van der Waals surface area contributed by atoms with Crippen molar-refractivity contribution in [2.75, 3.05) is 4.90 Å². The lowest BCUT2D eigenvalue weighted by Crippen LogP contribution is -2.10. The van der Waals surface area contributed by atoms with E-state index >= 15 is 0 Å². The number of hydrogen-bond donors (Lipinski definition) is 0. The van der Waals surface area contributed by atoms with Crippen molar-refractivity contribution < 1.29 is 0 Å². The highest BCUT2D eigenvalue weighted by Crippen LogP contribution is 2.43. The van der Waals surface area contributed by atoms with Gasteiger partial charge in [-0.3, -0.25) is 0 Å². The van der Waals surface area contributed by atoms with E-state index in [9.17, 15) is 0 Å². The molecule has 1 heteroatoms. The third kappa shape index (κ3) is 7.47. The summed E-state index contributed by atoms with van der Waals surface area (Å²) in [5, 5.41) is 5.00. The zero-order valence-corrected chi connectivity index (χ0v) is 34.8. The molecule has 0 spiro atoms. The fraction of sp³-hybridized carbons (Fsp3) is 0. The first-order valence-corrected chi connectivity index (χ1v) is 21.7. The van der Waals surface area contributed by atoms with Crippen LogP contribution in [-0.2, 0) is 0 Å². The summed E-state index contributed by atoms with van der Waals surface area (Å²) in [7, 11) is 0. The van der Waals surface area contributed by atoms with Gasteiger partial charge in [0.25, 0.3) is 0 Å². The van der Waals surface area contributed by atoms with Crippen LogP contribution in [0.4, 0.5) is 17.1 Å². The maximum absolute atomic E-state index is 2.39. The van der Waals surface area contributed by atoms with Crippen LogP contribution in [0.15, 0.2) is 261 Å². The summed E-state index contributed by atoms with van der Waals surface area (Å²) in [5.41, 5.74) is 17.7. The van der Waals surface area contributed by atoms with E-state index in [2.05, 4.69) is 266 Å². The van der Waals surface area contributed by atoms with Crippen molar-refractivity contribution in [3.8, 4) is 66.8 Å². The smallest absolute Gasteiger partial charge is 0.0468 e. The molecule has 0 aliphatic carbocycles.